The Labute approximate surface area is 130 Å². The van der Waals surface area contributed by atoms with Crippen molar-refractivity contribution in [2.24, 2.45) is 23.2 Å². The van der Waals surface area contributed by atoms with Gasteiger partial charge in [-0.05, 0) is 88.9 Å². The first-order valence-electron chi connectivity index (χ1n) is 9.68. The van der Waals surface area contributed by atoms with Crippen LogP contribution in [0.1, 0.15) is 77.6 Å². The van der Waals surface area contributed by atoms with Crippen LogP contribution in [0.5, 0.6) is 0 Å². The predicted molar refractivity (Wildman–Crippen MR) is 84.9 cm³/mol. The van der Waals surface area contributed by atoms with Crippen LogP contribution in [0, 0.1) is 23.2 Å². The van der Waals surface area contributed by atoms with Gasteiger partial charge in [0.05, 0.1) is 6.04 Å². The Morgan fingerprint density at radius 2 is 1.43 bits per heavy atom. The fourth-order valence-electron chi connectivity index (χ4n) is 6.96. The molecular weight excluding hydrogens is 258 g/mol. The van der Waals surface area contributed by atoms with Crippen molar-refractivity contribution in [3.8, 4) is 0 Å². The van der Waals surface area contributed by atoms with E-state index in [1.54, 1.807) is 0 Å². The van der Waals surface area contributed by atoms with E-state index in [1.165, 1.54) is 70.6 Å². The Kier molecular flexibility index (Phi) is 3.82. The second-order valence-electron chi connectivity index (χ2n) is 9.17. The van der Waals surface area contributed by atoms with Crippen molar-refractivity contribution in [1.29, 1.82) is 0 Å². The molecule has 2 atom stereocenters. The summed E-state index contributed by atoms with van der Waals surface area (Å²) in [6, 6.07) is 1.20. The van der Waals surface area contributed by atoms with Crippen molar-refractivity contribution in [1.82, 2.24) is 0 Å². The highest BCUT2D eigenvalue weighted by molar-refractivity contribution is 5.05. The third kappa shape index (κ3) is 2.67. The fraction of sp³-hybridized carbons (Fsp3) is 1.00. The largest absolute Gasteiger partial charge is 0.386 e. The summed E-state index contributed by atoms with van der Waals surface area (Å²) in [4.78, 5) is 0. The average Bonchev–Trinajstić information content (AvgIpc) is 2.46. The van der Waals surface area contributed by atoms with Gasteiger partial charge in [0.1, 0.15) is 12.1 Å². The van der Waals surface area contributed by atoms with Crippen molar-refractivity contribution in [2.75, 3.05) is 0 Å². The molecule has 5 rings (SSSR count). The first-order chi connectivity index (χ1) is 10.1. The summed E-state index contributed by atoms with van der Waals surface area (Å²) < 4.78 is 0. The van der Waals surface area contributed by atoms with E-state index >= 15 is 0 Å². The predicted octanol–water partition coefficient (Wildman–Crippen LogP) is 2.85. The van der Waals surface area contributed by atoms with Crippen LogP contribution >= 0.6 is 0 Å². The van der Waals surface area contributed by atoms with Gasteiger partial charge in [0.15, 0.2) is 0 Å². The summed E-state index contributed by atoms with van der Waals surface area (Å²) in [7, 11) is 0. The molecule has 5 aliphatic rings. The molecule has 0 aliphatic heterocycles. The van der Waals surface area contributed by atoms with Crippen LogP contribution in [0.3, 0.4) is 0 Å². The lowest BCUT2D eigenvalue weighted by Crippen LogP contribution is -2.97. The maximum atomic E-state index is 11.2. The van der Waals surface area contributed by atoms with Crippen molar-refractivity contribution < 1.29 is 10.4 Å². The van der Waals surface area contributed by atoms with E-state index in [0.29, 0.717) is 11.5 Å². The molecule has 5 saturated carbocycles. The molecular formula is C19H34NO+. The lowest BCUT2D eigenvalue weighted by molar-refractivity contribution is -0.729. The Hall–Kier alpha value is -0.0800. The fourth-order valence-corrected chi connectivity index (χ4v) is 6.96. The van der Waals surface area contributed by atoms with Gasteiger partial charge in [-0.25, -0.2) is 0 Å². The molecule has 0 aromatic carbocycles. The van der Waals surface area contributed by atoms with Gasteiger partial charge in [-0.2, -0.15) is 0 Å². The summed E-state index contributed by atoms with van der Waals surface area (Å²) in [5.41, 5.74) is 0.305. The standard InChI is InChI=1S/C19H33NO/c1-13(20-17-5-3-2-4-6-17)18(21)19-10-14-7-15(11-19)9-16(8-14)12-19/h13-18,20-21H,2-12H2,1H3/p+1/t13-,14?,15?,16?,18-,19?/m1/s1. The van der Waals surface area contributed by atoms with Crippen LogP contribution in [0.25, 0.3) is 0 Å². The van der Waals surface area contributed by atoms with Crippen LogP contribution in [0.2, 0.25) is 0 Å². The van der Waals surface area contributed by atoms with Gasteiger partial charge in [-0.1, -0.05) is 6.42 Å². The van der Waals surface area contributed by atoms with E-state index in [-0.39, 0.29) is 6.10 Å². The van der Waals surface area contributed by atoms with Gasteiger partial charge in [-0.15, -0.1) is 0 Å². The number of rotatable bonds is 4. The van der Waals surface area contributed by atoms with Gasteiger partial charge < -0.3 is 10.4 Å². The maximum absolute atomic E-state index is 11.2. The molecule has 2 heteroatoms. The molecule has 0 saturated heterocycles. The lowest BCUT2D eigenvalue weighted by atomic mass is 9.47. The van der Waals surface area contributed by atoms with Crippen LogP contribution in [-0.4, -0.2) is 23.3 Å². The highest BCUT2D eigenvalue weighted by Gasteiger charge is 2.55. The first-order valence-corrected chi connectivity index (χ1v) is 9.68. The Morgan fingerprint density at radius 3 is 1.95 bits per heavy atom. The molecule has 0 unspecified atom stereocenters. The summed E-state index contributed by atoms with van der Waals surface area (Å²) in [6.45, 7) is 2.30. The van der Waals surface area contributed by atoms with Crippen LogP contribution in [0.4, 0.5) is 0 Å². The molecule has 5 aliphatic carbocycles. The van der Waals surface area contributed by atoms with E-state index in [0.717, 1.165) is 23.8 Å². The summed E-state index contributed by atoms with van der Waals surface area (Å²) >= 11 is 0. The number of hydrogen-bond acceptors (Lipinski definition) is 1. The first kappa shape index (κ1) is 14.5. The van der Waals surface area contributed by atoms with Crippen molar-refractivity contribution in [3.05, 3.63) is 0 Å². The zero-order valence-corrected chi connectivity index (χ0v) is 13.8. The maximum Gasteiger partial charge on any atom is 0.111 e. The van der Waals surface area contributed by atoms with Crippen LogP contribution < -0.4 is 5.32 Å². The molecule has 2 nitrogen and oxygen atoms in total. The third-order valence-electron chi connectivity index (χ3n) is 7.44. The van der Waals surface area contributed by atoms with Gasteiger partial charge in [0.25, 0.3) is 0 Å². The Balaban J connectivity index is 1.42. The van der Waals surface area contributed by atoms with E-state index < -0.39 is 0 Å². The second-order valence-corrected chi connectivity index (χ2v) is 9.17. The number of aliphatic hydroxyl groups is 1. The number of hydrogen-bond donors (Lipinski definition) is 2. The molecule has 0 radical (unpaired) electrons. The zero-order chi connectivity index (χ0) is 14.4. The van der Waals surface area contributed by atoms with E-state index in [1.807, 2.05) is 0 Å². The van der Waals surface area contributed by atoms with Gasteiger partial charge >= 0.3 is 0 Å². The number of nitrogens with two attached hydrogens (primary N) is 1. The molecule has 0 heterocycles. The van der Waals surface area contributed by atoms with Crippen molar-refractivity contribution in [3.63, 3.8) is 0 Å². The highest BCUT2D eigenvalue weighted by atomic mass is 16.3. The van der Waals surface area contributed by atoms with Gasteiger partial charge in [0.2, 0.25) is 0 Å². The molecule has 0 spiro atoms. The van der Waals surface area contributed by atoms with Crippen LogP contribution in [0.15, 0.2) is 0 Å². The zero-order valence-electron chi connectivity index (χ0n) is 13.8. The van der Waals surface area contributed by atoms with E-state index in [2.05, 4.69) is 12.2 Å². The summed E-state index contributed by atoms with van der Waals surface area (Å²) in [5, 5.41) is 13.7. The number of aliphatic hydroxyl groups excluding tert-OH is 1. The summed E-state index contributed by atoms with van der Waals surface area (Å²) in [6.07, 6.45) is 15.4. The normalized spacial score (nSPS) is 45.7. The molecule has 120 valence electrons. The minimum absolute atomic E-state index is 0.0622. The molecule has 4 bridgehead atoms. The molecule has 3 N–H and O–H groups in total. The molecule has 0 aromatic rings. The lowest BCUT2D eigenvalue weighted by Gasteiger charge is -2.58. The molecule has 21 heavy (non-hydrogen) atoms. The monoisotopic (exact) mass is 292 g/mol. The quantitative estimate of drug-likeness (QED) is 0.821. The van der Waals surface area contributed by atoms with Crippen molar-refractivity contribution in [2.45, 2.75) is 95.7 Å². The van der Waals surface area contributed by atoms with Gasteiger partial charge in [-0.3, -0.25) is 0 Å². The smallest absolute Gasteiger partial charge is 0.111 e. The molecule has 0 aromatic heterocycles. The summed E-state index contributed by atoms with van der Waals surface area (Å²) in [5.74, 6) is 2.85. The second kappa shape index (κ2) is 5.53. The highest BCUT2D eigenvalue weighted by Crippen LogP contribution is 2.61. The van der Waals surface area contributed by atoms with E-state index in [4.69, 9.17) is 0 Å². The van der Waals surface area contributed by atoms with Gasteiger partial charge in [0, 0.05) is 5.41 Å². The topological polar surface area (TPSA) is 36.8 Å². The van der Waals surface area contributed by atoms with Crippen LogP contribution in [-0.2, 0) is 0 Å². The molecule has 0 amide bonds. The van der Waals surface area contributed by atoms with E-state index in [9.17, 15) is 5.11 Å². The minimum Gasteiger partial charge on any atom is -0.386 e. The molecule has 5 fully saturated rings. The number of quaternary nitrogens is 1. The van der Waals surface area contributed by atoms with Crippen molar-refractivity contribution >= 4 is 0 Å². The Bertz CT molecular complexity index is 338. The third-order valence-corrected chi connectivity index (χ3v) is 7.44. The SMILES string of the molecule is C[C@@H]([NH2+]C1CCCCC1)[C@@H](O)C12CC3CC(CC(C3)C1)C2. The minimum atomic E-state index is -0.0622. The Morgan fingerprint density at radius 1 is 0.905 bits per heavy atom. The average molecular weight is 292 g/mol.